The molecule has 18 heavy (non-hydrogen) atoms. The zero-order valence-electron chi connectivity index (χ0n) is 9.40. The van der Waals surface area contributed by atoms with Crippen molar-refractivity contribution in [2.45, 2.75) is 4.90 Å². The van der Waals surface area contributed by atoms with E-state index in [2.05, 4.69) is 15.9 Å². The van der Waals surface area contributed by atoms with Crippen LogP contribution in [0, 0.1) is 5.82 Å². The molecule has 1 aliphatic rings. The fourth-order valence-electron chi connectivity index (χ4n) is 1.69. The van der Waals surface area contributed by atoms with Crippen molar-refractivity contribution in [1.82, 2.24) is 4.31 Å². The monoisotopic (exact) mass is 338 g/mol. The van der Waals surface area contributed by atoms with Crippen molar-refractivity contribution in [3.63, 3.8) is 0 Å². The van der Waals surface area contributed by atoms with Crippen LogP contribution in [0.2, 0.25) is 0 Å². The van der Waals surface area contributed by atoms with Crippen LogP contribution in [-0.2, 0) is 14.8 Å². The van der Waals surface area contributed by atoms with Crippen LogP contribution in [0.4, 0.5) is 10.1 Å². The molecule has 1 aromatic carbocycles. The van der Waals surface area contributed by atoms with E-state index in [1.165, 1.54) is 10.4 Å². The molecule has 0 radical (unpaired) electrons. The summed E-state index contributed by atoms with van der Waals surface area (Å²) in [5.41, 5.74) is 5.49. The van der Waals surface area contributed by atoms with Crippen molar-refractivity contribution >= 4 is 31.6 Å². The van der Waals surface area contributed by atoms with Crippen molar-refractivity contribution in [1.29, 1.82) is 0 Å². The Hall–Kier alpha value is -0.700. The first-order chi connectivity index (χ1) is 8.43. The second-order valence-corrected chi connectivity index (χ2v) is 6.58. The largest absolute Gasteiger partial charge is 0.398 e. The molecule has 1 aromatic rings. The summed E-state index contributed by atoms with van der Waals surface area (Å²) in [6, 6.07) is 2.19. The van der Waals surface area contributed by atoms with E-state index < -0.39 is 15.8 Å². The molecular formula is C10H12BrFN2O3S. The number of halogens is 2. The number of nitrogen functional groups attached to an aromatic ring is 1. The molecule has 5 nitrogen and oxygen atoms in total. The number of nitrogens with zero attached hydrogens (tertiary/aromatic N) is 1. The first-order valence-electron chi connectivity index (χ1n) is 5.25. The number of nitrogens with two attached hydrogens (primary N) is 1. The fraction of sp³-hybridized carbons (Fsp3) is 0.400. The summed E-state index contributed by atoms with van der Waals surface area (Å²) >= 11 is 2.96. The first-order valence-corrected chi connectivity index (χ1v) is 7.48. The van der Waals surface area contributed by atoms with E-state index in [1.54, 1.807) is 0 Å². The summed E-state index contributed by atoms with van der Waals surface area (Å²) in [7, 11) is -3.70. The van der Waals surface area contributed by atoms with E-state index in [-0.39, 0.29) is 28.1 Å². The van der Waals surface area contributed by atoms with E-state index in [0.29, 0.717) is 13.2 Å². The van der Waals surface area contributed by atoms with Gasteiger partial charge in [-0.25, -0.2) is 12.8 Å². The van der Waals surface area contributed by atoms with E-state index in [9.17, 15) is 12.8 Å². The van der Waals surface area contributed by atoms with Crippen molar-refractivity contribution < 1.29 is 17.5 Å². The lowest BCUT2D eigenvalue weighted by atomic mass is 10.3. The average molecular weight is 339 g/mol. The van der Waals surface area contributed by atoms with Gasteiger partial charge in [0, 0.05) is 13.1 Å². The lowest BCUT2D eigenvalue weighted by Gasteiger charge is -2.26. The predicted octanol–water partition coefficient (Wildman–Crippen LogP) is 1.19. The molecule has 1 saturated heterocycles. The van der Waals surface area contributed by atoms with E-state index in [4.69, 9.17) is 10.5 Å². The Morgan fingerprint density at radius 1 is 1.33 bits per heavy atom. The number of hydrogen-bond donors (Lipinski definition) is 1. The topological polar surface area (TPSA) is 72.6 Å². The number of morpholine rings is 1. The maximum Gasteiger partial charge on any atom is 0.245 e. The van der Waals surface area contributed by atoms with Crippen molar-refractivity contribution in [2.75, 3.05) is 32.0 Å². The van der Waals surface area contributed by atoms with Gasteiger partial charge in [0.2, 0.25) is 10.0 Å². The van der Waals surface area contributed by atoms with Gasteiger partial charge in [0.15, 0.2) is 0 Å². The minimum atomic E-state index is -3.70. The van der Waals surface area contributed by atoms with Gasteiger partial charge in [-0.2, -0.15) is 4.31 Å². The molecule has 0 unspecified atom stereocenters. The molecular weight excluding hydrogens is 327 g/mol. The fourth-order valence-corrected chi connectivity index (χ4v) is 3.72. The van der Waals surface area contributed by atoms with Gasteiger partial charge in [-0.1, -0.05) is 0 Å². The Morgan fingerprint density at radius 2 is 1.94 bits per heavy atom. The highest BCUT2D eigenvalue weighted by atomic mass is 79.9. The molecule has 0 bridgehead atoms. The van der Waals surface area contributed by atoms with Crippen LogP contribution in [0.25, 0.3) is 0 Å². The molecule has 0 spiro atoms. The third kappa shape index (κ3) is 2.51. The standard InChI is InChI=1S/C10H12BrFN2O3S/c11-7-5-10(9(13)6-8(7)12)18(15,16)14-1-3-17-4-2-14/h5-6H,1-4,13H2. The number of sulfonamides is 1. The van der Waals surface area contributed by atoms with Gasteiger partial charge in [0.25, 0.3) is 0 Å². The van der Waals surface area contributed by atoms with Crippen molar-refractivity contribution in [2.24, 2.45) is 0 Å². The summed E-state index contributed by atoms with van der Waals surface area (Å²) in [5.74, 6) is -0.589. The van der Waals surface area contributed by atoms with Gasteiger partial charge in [-0.05, 0) is 28.1 Å². The normalized spacial score (nSPS) is 17.9. The summed E-state index contributed by atoms with van der Waals surface area (Å²) in [6.07, 6.45) is 0. The van der Waals surface area contributed by atoms with Crippen LogP contribution < -0.4 is 5.73 Å². The zero-order valence-corrected chi connectivity index (χ0v) is 11.8. The third-order valence-electron chi connectivity index (χ3n) is 2.64. The maximum atomic E-state index is 13.2. The van der Waals surface area contributed by atoms with Crippen LogP contribution in [0.5, 0.6) is 0 Å². The zero-order chi connectivity index (χ0) is 13.3. The second kappa shape index (κ2) is 5.12. The Bertz CT molecular complexity index is 558. The molecule has 0 atom stereocenters. The predicted molar refractivity (Wildman–Crippen MR) is 68.1 cm³/mol. The third-order valence-corrected chi connectivity index (χ3v) is 5.20. The molecule has 1 aliphatic heterocycles. The quantitative estimate of drug-likeness (QED) is 0.822. The molecule has 2 N–H and O–H groups in total. The van der Waals surface area contributed by atoms with Crippen LogP contribution in [-0.4, -0.2) is 39.0 Å². The molecule has 1 fully saturated rings. The lowest BCUT2D eigenvalue weighted by Crippen LogP contribution is -2.40. The van der Waals surface area contributed by atoms with E-state index in [0.717, 1.165) is 6.07 Å². The van der Waals surface area contributed by atoms with Gasteiger partial charge in [0.1, 0.15) is 10.7 Å². The highest BCUT2D eigenvalue weighted by molar-refractivity contribution is 9.10. The van der Waals surface area contributed by atoms with Gasteiger partial charge in [-0.15, -0.1) is 0 Å². The van der Waals surface area contributed by atoms with Gasteiger partial charge in [0.05, 0.1) is 23.4 Å². The highest BCUT2D eigenvalue weighted by Crippen LogP contribution is 2.28. The molecule has 0 aromatic heterocycles. The minimum absolute atomic E-state index is 0.0727. The van der Waals surface area contributed by atoms with Gasteiger partial charge < -0.3 is 10.5 Å². The Kier molecular flexibility index (Phi) is 3.90. The van der Waals surface area contributed by atoms with Gasteiger partial charge in [-0.3, -0.25) is 0 Å². The second-order valence-electron chi connectivity index (χ2n) is 3.82. The molecule has 8 heteroatoms. The first kappa shape index (κ1) is 13.7. The summed E-state index contributed by atoms with van der Waals surface area (Å²) < 4.78 is 44.3. The van der Waals surface area contributed by atoms with Gasteiger partial charge >= 0.3 is 0 Å². The van der Waals surface area contributed by atoms with Crippen LogP contribution in [0.1, 0.15) is 0 Å². The summed E-state index contributed by atoms with van der Waals surface area (Å²) in [6.45, 7) is 1.25. The lowest BCUT2D eigenvalue weighted by molar-refractivity contribution is 0.0730. The SMILES string of the molecule is Nc1cc(F)c(Br)cc1S(=O)(=O)N1CCOCC1. The van der Waals surface area contributed by atoms with Crippen LogP contribution in [0.15, 0.2) is 21.5 Å². The summed E-state index contributed by atoms with van der Waals surface area (Å²) in [5, 5.41) is 0. The minimum Gasteiger partial charge on any atom is -0.398 e. The summed E-state index contributed by atoms with van der Waals surface area (Å²) in [4.78, 5) is -0.0855. The molecule has 1 heterocycles. The van der Waals surface area contributed by atoms with E-state index in [1.807, 2.05) is 0 Å². The molecule has 0 aliphatic carbocycles. The van der Waals surface area contributed by atoms with E-state index >= 15 is 0 Å². The smallest absolute Gasteiger partial charge is 0.245 e. The molecule has 0 amide bonds. The maximum absolute atomic E-state index is 13.2. The number of anilines is 1. The average Bonchev–Trinajstić information content (AvgIpc) is 2.34. The van der Waals surface area contributed by atoms with Crippen molar-refractivity contribution in [3.8, 4) is 0 Å². The molecule has 0 saturated carbocycles. The Balaban J connectivity index is 2.43. The number of hydrogen-bond acceptors (Lipinski definition) is 4. The Morgan fingerprint density at radius 3 is 2.56 bits per heavy atom. The number of rotatable bonds is 2. The highest BCUT2D eigenvalue weighted by Gasteiger charge is 2.28. The van der Waals surface area contributed by atoms with Crippen molar-refractivity contribution in [3.05, 3.63) is 22.4 Å². The number of benzene rings is 1. The Labute approximate surface area is 113 Å². The molecule has 100 valence electrons. The van der Waals surface area contributed by atoms with Crippen LogP contribution >= 0.6 is 15.9 Å². The number of ether oxygens (including phenoxy) is 1. The molecule has 2 rings (SSSR count). The van der Waals surface area contributed by atoms with Crippen LogP contribution in [0.3, 0.4) is 0 Å².